The lowest BCUT2D eigenvalue weighted by Crippen LogP contribution is -2.55. The molecule has 208 valence electrons. The fraction of sp³-hybridized carbons (Fsp3) is 0.310. The predicted octanol–water partition coefficient (Wildman–Crippen LogP) is 4.23. The van der Waals surface area contributed by atoms with Gasteiger partial charge in [0.05, 0.1) is 5.69 Å². The summed E-state index contributed by atoms with van der Waals surface area (Å²) in [5.74, 6) is -0.803. The fourth-order valence-corrected chi connectivity index (χ4v) is 5.58. The van der Waals surface area contributed by atoms with Crippen LogP contribution in [0.5, 0.6) is 0 Å². The third-order valence-electron chi connectivity index (χ3n) is 6.01. The molecule has 0 aliphatic carbocycles. The minimum Gasteiger partial charge on any atom is -0.352 e. The second-order valence-electron chi connectivity index (χ2n) is 9.65. The van der Waals surface area contributed by atoms with E-state index in [1.54, 1.807) is 30.3 Å². The lowest BCUT2D eigenvalue weighted by molar-refractivity contribution is -0.140. The molecule has 3 aromatic rings. The molecule has 3 rings (SSSR count). The third kappa shape index (κ3) is 8.39. The summed E-state index contributed by atoms with van der Waals surface area (Å²) < 4.78 is 29.6. The largest absolute Gasteiger partial charge is 0.352 e. The first-order valence-electron chi connectivity index (χ1n) is 12.6. The molecular weight excluding hydrogens is 580 g/mol. The Bertz CT molecular complexity index is 1350. The van der Waals surface area contributed by atoms with Crippen molar-refractivity contribution < 1.29 is 18.0 Å². The smallest absolute Gasteiger partial charge is 0.304 e. The van der Waals surface area contributed by atoms with Crippen LogP contribution in [-0.4, -0.2) is 62.2 Å². The number of carbonyl (C=O) groups is 2. The third-order valence-corrected chi connectivity index (χ3v) is 8.32. The number of rotatable bonds is 12. The van der Waals surface area contributed by atoms with E-state index in [9.17, 15) is 18.0 Å². The summed E-state index contributed by atoms with van der Waals surface area (Å²) in [6, 6.07) is 24.4. The van der Waals surface area contributed by atoms with Gasteiger partial charge < -0.3 is 10.2 Å². The molecule has 1 N–H and O–H groups in total. The molecule has 0 aromatic heterocycles. The molecule has 10 heteroatoms. The Morgan fingerprint density at radius 3 is 2.03 bits per heavy atom. The van der Waals surface area contributed by atoms with Crippen LogP contribution in [0.15, 0.2) is 89.4 Å². The van der Waals surface area contributed by atoms with E-state index in [2.05, 4.69) is 21.2 Å². The molecule has 0 unspecified atom stereocenters. The molecule has 2 amide bonds. The highest BCUT2D eigenvalue weighted by atomic mass is 79.9. The molecule has 0 radical (unpaired) electrons. The van der Waals surface area contributed by atoms with Crippen molar-refractivity contribution in [2.45, 2.75) is 38.9 Å². The Hall–Kier alpha value is -3.21. The van der Waals surface area contributed by atoms with Crippen molar-refractivity contribution in [1.29, 1.82) is 0 Å². The van der Waals surface area contributed by atoms with Crippen molar-refractivity contribution in [3.8, 4) is 0 Å². The molecule has 0 bridgehead atoms. The number of amides is 2. The normalized spacial score (nSPS) is 12.3. The number of nitrogens with zero attached hydrogens (tertiary/aromatic N) is 3. The molecule has 39 heavy (non-hydrogen) atoms. The van der Waals surface area contributed by atoms with Gasteiger partial charge in [0.2, 0.25) is 11.8 Å². The molecule has 0 spiro atoms. The van der Waals surface area contributed by atoms with E-state index in [4.69, 9.17) is 0 Å². The van der Waals surface area contributed by atoms with E-state index in [1.165, 1.54) is 19.0 Å². The maximum absolute atomic E-state index is 14.1. The summed E-state index contributed by atoms with van der Waals surface area (Å²) in [7, 11) is -1.17. The Morgan fingerprint density at radius 1 is 0.872 bits per heavy atom. The first-order chi connectivity index (χ1) is 18.5. The van der Waals surface area contributed by atoms with Gasteiger partial charge in [0.1, 0.15) is 12.6 Å². The summed E-state index contributed by atoms with van der Waals surface area (Å²) in [5.41, 5.74) is 2.04. The van der Waals surface area contributed by atoms with Crippen LogP contribution in [-0.2, 0) is 32.8 Å². The average Bonchev–Trinajstić information content (AvgIpc) is 2.89. The van der Waals surface area contributed by atoms with Crippen molar-refractivity contribution in [3.05, 3.63) is 101 Å². The topological polar surface area (TPSA) is 90.0 Å². The molecule has 3 aromatic carbocycles. The van der Waals surface area contributed by atoms with E-state index in [-0.39, 0.29) is 24.9 Å². The van der Waals surface area contributed by atoms with Crippen molar-refractivity contribution in [3.63, 3.8) is 0 Å². The highest BCUT2D eigenvalue weighted by Crippen LogP contribution is 2.22. The number of benzene rings is 3. The quantitative estimate of drug-likeness (QED) is 0.331. The summed E-state index contributed by atoms with van der Waals surface area (Å²) in [6.45, 7) is 3.36. The number of nitrogens with one attached hydrogen (secondary N) is 1. The van der Waals surface area contributed by atoms with Crippen LogP contribution < -0.4 is 9.62 Å². The zero-order chi connectivity index (χ0) is 28.6. The van der Waals surface area contributed by atoms with Gasteiger partial charge >= 0.3 is 10.2 Å². The lowest BCUT2D eigenvalue weighted by atomic mass is 10.0. The Balaban J connectivity index is 2.08. The van der Waals surface area contributed by atoms with Gasteiger partial charge in [0, 0.05) is 37.6 Å². The zero-order valence-corrected chi connectivity index (χ0v) is 25.0. The van der Waals surface area contributed by atoms with Crippen molar-refractivity contribution in [1.82, 2.24) is 14.5 Å². The number of hydrogen-bond acceptors (Lipinski definition) is 4. The van der Waals surface area contributed by atoms with E-state index >= 15 is 0 Å². The molecule has 0 fully saturated rings. The van der Waals surface area contributed by atoms with Crippen LogP contribution in [0.4, 0.5) is 5.69 Å². The van der Waals surface area contributed by atoms with Gasteiger partial charge in [-0.15, -0.1) is 0 Å². The predicted molar refractivity (Wildman–Crippen MR) is 158 cm³/mol. The highest BCUT2D eigenvalue weighted by molar-refractivity contribution is 9.10. The Morgan fingerprint density at radius 2 is 1.46 bits per heavy atom. The van der Waals surface area contributed by atoms with Crippen molar-refractivity contribution >= 4 is 43.6 Å². The highest BCUT2D eigenvalue weighted by Gasteiger charge is 2.34. The number of anilines is 1. The SMILES string of the molecule is CC(C)NC(=O)[C@@H](Cc1ccccc1)N(Cc1cccc(Br)c1)C(=O)CN(c1ccccc1)S(=O)(=O)N(C)C. The van der Waals surface area contributed by atoms with Gasteiger partial charge in [-0.3, -0.25) is 9.59 Å². The van der Waals surface area contributed by atoms with Crippen molar-refractivity contribution in [2.75, 3.05) is 24.9 Å². The van der Waals surface area contributed by atoms with Gasteiger partial charge in [0.25, 0.3) is 0 Å². The van der Waals surface area contributed by atoms with Crippen LogP contribution in [0.3, 0.4) is 0 Å². The molecule has 1 atom stereocenters. The summed E-state index contributed by atoms with van der Waals surface area (Å²) >= 11 is 3.48. The summed E-state index contributed by atoms with van der Waals surface area (Å²) in [6.07, 6.45) is 0.269. The van der Waals surface area contributed by atoms with Crippen LogP contribution in [0.25, 0.3) is 0 Å². The zero-order valence-electron chi connectivity index (χ0n) is 22.6. The van der Waals surface area contributed by atoms with Crippen molar-refractivity contribution in [2.24, 2.45) is 0 Å². The second-order valence-corrected chi connectivity index (χ2v) is 12.6. The van der Waals surface area contributed by atoms with Gasteiger partial charge in [-0.05, 0) is 49.2 Å². The van der Waals surface area contributed by atoms with E-state index in [1.807, 2.05) is 68.4 Å². The van der Waals surface area contributed by atoms with E-state index in [0.717, 1.165) is 24.2 Å². The molecule has 0 saturated heterocycles. The summed E-state index contributed by atoms with van der Waals surface area (Å²) in [5, 5.41) is 2.95. The van der Waals surface area contributed by atoms with E-state index < -0.39 is 28.7 Å². The van der Waals surface area contributed by atoms with Crippen LogP contribution in [0, 0.1) is 0 Å². The maximum atomic E-state index is 14.1. The van der Waals surface area contributed by atoms with Crippen LogP contribution >= 0.6 is 15.9 Å². The monoisotopic (exact) mass is 614 g/mol. The van der Waals surface area contributed by atoms with Gasteiger partial charge in [0.15, 0.2) is 0 Å². The molecule has 8 nitrogen and oxygen atoms in total. The number of halogens is 1. The first kappa shape index (κ1) is 30.3. The standard InChI is InChI=1S/C29H35BrN4O4S/c1-22(2)31-29(36)27(19-23-12-7-5-8-13-23)33(20-24-14-11-15-25(30)18-24)28(35)21-34(39(37,38)32(3)4)26-16-9-6-10-17-26/h5-18,22,27H,19-21H2,1-4H3,(H,31,36)/t27-/m1/s1. The molecule has 0 aliphatic rings. The minimum absolute atomic E-state index is 0.117. The first-order valence-corrected chi connectivity index (χ1v) is 14.8. The minimum atomic E-state index is -4.01. The number of carbonyl (C=O) groups excluding carboxylic acids is 2. The van der Waals surface area contributed by atoms with Gasteiger partial charge in [-0.1, -0.05) is 76.6 Å². The Labute approximate surface area is 239 Å². The van der Waals surface area contributed by atoms with E-state index in [0.29, 0.717) is 5.69 Å². The van der Waals surface area contributed by atoms with Crippen LogP contribution in [0.2, 0.25) is 0 Å². The van der Waals surface area contributed by atoms with Crippen LogP contribution in [0.1, 0.15) is 25.0 Å². The fourth-order valence-electron chi connectivity index (χ4n) is 4.08. The van der Waals surface area contributed by atoms with Gasteiger partial charge in [-0.25, -0.2) is 4.31 Å². The maximum Gasteiger partial charge on any atom is 0.304 e. The summed E-state index contributed by atoms with van der Waals surface area (Å²) in [4.78, 5) is 29.2. The lowest BCUT2D eigenvalue weighted by Gasteiger charge is -2.34. The number of para-hydroxylation sites is 1. The molecule has 0 saturated carbocycles. The number of hydrogen-bond donors (Lipinski definition) is 1. The average molecular weight is 616 g/mol. The Kier molecular flexibility index (Phi) is 10.7. The molecule has 0 heterocycles. The molecular formula is C29H35BrN4O4S. The molecule has 0 aliphatic heterocycles. The second kappa shape index (κ2) is 13.7. The van der Waals surface area contributed by atoms with Gasteiger partial charge in [-0.2, -0.15) is 12.7 Å².